The molecule has 158 valence electrons. The van der Waals surface area contributed by atoms with Crippen molar-refractivity contribution >= 4 is 28.4 Å². The molecule has 2 aromatic carbocycles. The first-order valence-electron chi connectivity index (χ1n) is 10.3. The van der Waals surface area contributed by atoms with Crippen LogP contribution in [-0.2, 0) is 6.42 Å². The van der Waals surface area contributed by atoms with Crippen LogP contribution in [-0.4, -0.2) is 25.9 Å². The Hall–Kier alpha value is -3.71. The van der Waals surface area contributed by atoms with Crippen molar-refractivity contribution in [1.82, 2.24) is 20.2 Å². The molecule has 5 rings (SSSR count). The van der Waals surface area contributed by atoms with Crippen molar-refractivity contribution in [2.45, 2.75) is 23.8 Å². The number of hydrogen-bond donors (Lipinski definition) is 1. The highest BCUT2D eigenvalue weighted by Gasteiger charge is 2.28. The lowest BCUT2D eigenvalue weighted by Gasteiger charge is -2.13. The predicted octanol–water partition coefficient (Wildman–Crippen LogP) is 5.89. The van der Waals surface area contributed by atoms with E-state index in [1.165, 1.54) is 17.3 Å². The minimum atomic E-state index is -0.525. The van der Waals surface area contributed by atoms with Crippen LogP contribution in [0.2, 0.25) is 0 Å². The number of carbonyl (C=O) groups is 1. The number of H-pyrrole nitrogens is 1. The summed E-state index contributed by atoms with van der Waals surface area (Å²) >= 11 is 1.26. The van der Waals surface area contributed by atoms with E-state index in [9.17, 15) is 4.79 Å². The zero-order valence-corrected chi connectivity index (χ0v) is 18.2. The number of benzene rings is 2. The van der Waals surface area contributed by atoms with Crippen LogP contribution in [0.5, 0.6) is 0 Å². The average molecular weight is 441 g/mol. The largest absolute Gasteiger partial charge is 0.411 e. The molecule has 6 nitrogen and oxygen atoms in total. The topological polar surface area (TPSA) is 84.7 Å². The van der Waals surface area contributed by atoms with Gasteiger partial charge in [0.25, 0.3) is 5.22 Å². The smallest absolute Gasteiger partial charge is 0.277 e. The van der Waals surface area contributed by atoms with Crippen molar-refractivity contribution in [3.05, 3.63) is 95.9 Å². The van der Waals surface area contributed by atoms with Gasteiger partial charge in [-0.15, -0.1) is 10.2 Å². The van der Waals surface area contributed by atoms with E-state index in [1.54, 1.807) is 18.6 Å². The molecule has 0 aliphatic carbocycles. The normalized spacial score (nSPS) is 12.2. The van der Waals surface area contributed by atoms with Crippen LogP contribution in [0.3, 0.4) is 0 Å². The Kier molecular flexibility index (Phi) is 5.56. The number of ketones is 1. The molecule has 5 aromatic rings. The first-order valence-corrected chi connectivity index (χ1v) is 11.2. The van der Waals surface area contributed by atoms with Gasteiger partial charge in [-0.3, -0.25) is 9.78 Å². The molecular weight excluding hydrogens is 420 g/mol. The van der Waals surface area contributed by atoms with Gasteiger partial charge in [0, 0.05) is 35.1 Å². The molecule has 3 heterocycles. The van der Waals surface area contributed by atoms with Crippen LogP contribution in [0.4, 0.5) is 0 Å². The van der Waals surface area contributed by atoms with E-state index < -0.39 is 5.25 Å². The van der Waals surface area contributed by atoms with E-state index >= 15 is 0 Å². The quantitative estimate of drug-likeness (QED) is 0.251. The number of hydrogen-bond acceptors (Lipinski definition) is 6. The van der Waals surface area contributed by atoms with Crippen molar-refractivity contribution in [3.8, 4) is 11.5 Å². The molecule has 0 bridgehead atoms. The van der Waals surface area contributed by atoms with Crippen LogP contribution < -0.4 is 0 Å². The summed E-state index contributed by atoms with van der Waals surface area (Å²) < 4.78 is 5.85. The number of aromatic amines is 1. The van der Waals surface area contributed by atoms with Gasteiger partial charge in [0.15, 0.2) is 5.78 Å². The molecule has 0 radical (unpaired) electrons. The fourth-order valence-corrected chi connectivity index (χ4v) is 4.67. The Morgan fingerprint density at radius 1 is 1.06 bits per heavy atom. The molecule has 1 atom stereocenters. The van der Waals surface area contributed by atoms with E-state index in [0.29, 0.717) is 16.7 Å². The van der Waals surface area contributed by atoms with Gasteiger partial charge < -0.3 is 9.40 Å². The number of aromatic nitrogens is 4. The number of Topliss-reactive ketones (excluding diaryl/α,β-unsaturated/α-hetero) is 1. The fraction of sp³-hybridized carbons (Fsp3) is 0.120. The molecule has 0 amide bonds. The molecule has 0 fully saturated rings. The van der Waals surface area contributed by atoms with Gasteiger partial charge in [-0.1, -0.05) is 55.5 Å². The molecular formula is C25H20N4O2S. The monoisotopic (exact) mass is 440 g/mol. The van der Waals surface area contributed by atoms with Gasteiger partial charge in [0.1, 0.15) is 5.25 Å². The maximum Gasteiger partial charge on any atom is 0.277 e. The maximum absolute atomic E-state index is 13.8. The summed E-state index contributed by atoms with van der Waals surface area (Å²) in [5.41, 5.74) is 4.46. The molecule has 0 spiro atoms. The van der Waals surface area contributed by atoms with Crippen LogP contribution in [0.25, 0.3) is 22.4 Å². The van der Waals surface area contributed by atoms with Gasteiger partial charge in [-0.25, -0.2) is 0 Å². The van der Waals surface area contributed by atoms with Gasteiger partial charge >= 0.3 is 0 Å². The Balaban J connectivity index is 1.51. The second-order valence-corrected chi connectivity index (χ2v) is 8.34. The van der Waals surface area contributed by atoms with Crippen molar-refractivity contribution in [1.29, 1.82) is 0 Å². The maximum atomic E-state index is 13.8. The predicted molar refractivity (Wildman–Crippen MR) is 125 cm³/mol. The molecule has 0 aliphatic heterocycles. The zero-order valence-electron chi connectivity index (χ0n) is 17.4. The molecule has 0 saturated carbocycles. The van der Waals surface area contributed by atoms with E-state index in [1.807, 2.05) is 54.6 Å². The Bertz CT molecular complexity index is 1360. The fourth-order valence-electron chi connectivity index (χ4n) is 3.72. The second kappa shape index (κ2) is 8.80. The lowest BCUT2D eigenvalue weighted by Crippen LogP contribution is -2.09. The number of rotatable bonds is 7. The molecule has 1 unspecified atom stereocenters. The lowest BCUT2D eigenvalue weighted by molar-refractivity contribution is 0.0990. The van der Waals surface area contributed by atoms with E-state index in [0.717, 1.165) is 28.5 Å². The summed E-state index contributed by atoms with van der Waals surface area (Å²) in [6, 6.07) is 19.4. The minimum absolute atomic E-state index is 0.0122. The lowest BCUT2D eigenvalue weighted by atomic mass is 10.0. The summed E-state index contributed by atoms with van der Waals surface area (Å²) in [6.07, 6.45) is 6.04. The summed E-state index contributed by atoms with van der Waals surface area (Å²) in [5, 5.41) is 9.04. The summed E-state index contributed by atoms with van der Waals surface area (Å²) in [6.45, 7) is 2.11. The third-order valence-electron chi connectivity index (χ3n) is 5.32. The van der Waals surface area contributed by atoms with Crippen LogP contribution in [0.15, 0.2) is 88.9 Å². The number of aryl methyl sites for hydroxylation is 1. The summed E-state index contributed by atoms with van der Waals surface area (Å²) in [4.78, 5) is 21.1. The highest BCUT2D eigenvalue weighted by molar-refractivity contribution is 8.00. The number of carbonyl (C=O) groups excluding carboxylic acids is 1. The number of fused-ring (bicyclic) bond motifs is 1. The van der Waals surface area contributed by atoms with Crippen molar-refractivity contribution in [2.75, 3.05) is 0 Å². The van der Waals surface area contributed by atoms with E-state index in [4.69, 9.17) is 4.42 Å². The number of nitrogens with zero attached hydrogens (tertiary/aromatic N) is 3. The van der Waals surface area contributed by atoms with Crippen molar-refractivity contribution < 1.29 is 9.21 Å². The Labute approximate surface area is 189 Å². The highest BCUT2D eigenvalue weighted by Crippen LogP contribution is 2.39. The second-order valence-electron chi connectivity index (χ2n) is 7.28. The van der Waals surface area contributed by atoms with Gasteiger partial charge in [0.2, 0.25) is 5.89 Å². The molecule has 0 aliphatic rings. The van der Waals surface area contributed by atoms with E-state index in [2.05, 4.69) is 33.2 Å². The molecule has 3 aromatic heterocycles. The molecule has 7 heteroatoms. The Morgan fingerprint density at radius 2 is 1.94 bits per heavy atom. The number of nitrogens with one attached hydrogen (secondary N) is 1. The van der Waals surface area contributed by atoms with Gasteiger partial charge in [0.05, 0.1) is 5.56 Å². The SMILES string of the molecule is CCc1cccc2c(C(=O)C(Sc3nnc(-c4cccnc4)o3)c3ccccc3)c[nH]c12. The summed E-state index contributed by atoms with van der Waals surface area (Å²) in [5.74, 6) is 0.362. The molecule has 32 heavy (non-hydrogen) atoms. The first-order chi connectivity index (χ1) is 15.7. The van der Waals surface area contributed by atoms with E-state index in [-0.39, 0.29) is 5.78 Å². The van der Waals surface area contributed by atoms with Gasteiger partial charge in [-0.05, 0) is 41.4 Å². The third kappa shape index (κ3) is 3.83. The highest BCUT2D eigenvalue weighted by atomic mass is 32.2. The summed E-state index contributed by atoms with van der Waals surface area (Å²) in [7, 11) is 0. The van der Waals surface area contributed by atoms with Crippen LogP contribution >= 0.6 is 11.8 Å². The average Bonchev–Trinajstić information content (AvgIpc) is 3.50. The number of thioether (sulfide) groups is 1. The zero-order chi connectivity index (χ0) is 21.9. The van der Waals surface area contributed by atoms with Crippen molar-refractivity contribution in [3.63, 3.8) is 0 Å². The standard InChI is InChI=1S/C25H20N4O2S/c1-2-16-10-6-12-19-20(15-27-21(16)19)22(30)23(17-8-4-3-5-9-17)32-25-29-28-24(31-25)18-11-7-13-26-14-18/h3-15,23,27H,2H2,1H3. The van der Waals surface area contributed by atoms with Crippen LogP contribution in [0, 0.1) is 0 Å². The van der Waals surface area contributed by atoms with Crippen LogP contribution in [0.1, 0.15) is 33.7 Å². The molecule has 1 N–H and O–H groups in total. The minimum Gasteiger partial charge on any atom is -0.411 e. The first kappa shape index (κ1) is 20.2. The number of pyridine rings is 1. The third-order valence-corrected chi connectivity index (χ3v) is 6.41. The van der Waals surface area contributed by atoms with Gasteiger partial charge in [-0.2, -0.15) is 0 Å². The molecule has 0 saturated heterocycles. The number of para-hydroxylation sites is 1. The Morgan fingerprint density at radius 3 is 2.72 bits per heavy atom. The van der Waals surface area contributed by atoms with Crippen molar-refractivity contribution in [2.24, 2.45) is 0 Å².